The maximum atomic E-state index is 11.9. The van der Waals surface area contributed by atoms with Gasteiger partial charge in [0.1, 0.15) is 0 Å². The van der Waals surface area contributed by atoms with Crippen LogP contribution in [0.15, 0.2) is 42.7 Å². The number of hydrogen-bond acceptors (Lipinski definition) is 2. The smallest absolute Gasteiger partial charge is 0.163 e. The molecule has 1 aliphatic carbocycles. The van der Waals surface area contributed by atoms with Crippen molar-refractivity contribution in [1.82, 2.24) is 4.98 Å². The first-order valence-corrected chi connectivity index (χ1v) is 5.91. The molecule has 0 atom stereocenters. The number of nitrogens with zero attached hydrogens (tertiary/aromatic N) is 1. The molecule has 0 radical (unpaired) electrons. The minimum Gasteiger partial charge on any atom is -0.294 e. The summed E-state index contributed by atoms with van der Waals surface area (Å²) in [6.45, 7) is 0. The second-order valence-electron chi connectivity index (χ2n) is 4.38. The van der Waals surface area contributed by atoms with Gasteiger partial charge in [0.15, 0.2) is 5.78 Å². The van der Waals surface area contributed by atoms with Crippen LogP contribution in [0.1, 0.15) is 28.8 Å². The fraction of sp³-hybridized carbons (Fsp3) is 0.200. The maximum absolute atomic E-state index is 11.9. The number of carbonyl (C=O) groups is 1. The summed E-state index contributed by atoms with van der Waals surface area (Å²) in [5.74, 6) is 0.280. The predicted molar refractivity (Wildman–Crippen MR) is 66.9 cm³/mol. The van der Waals surface area contributed by atoms with Crippen LogP contribution in [0.4, 0.5) is 0 Å². The lowest BCUT2D eigenvalue weighted by molar-refractivity contribution is 0.0972. The lowest BCUT2D eigenvalue weighted by Crippen LogP contribution is -2.10. The van der Waals surface area contributed by atoms with Gasteiger partial charge in [0.25, 0.3) is 0 Å². The fourth-order valence-corrected chi connectivity index (χ4v) is 2.35. The summed E-state index contributed by atoms with van der Waals surface area (Å²) in [5.41, 5.74) is 4.31. The Morgan fingerprint density at radius 1 is 0.941 bits per heavy atom. The van der Waals surface area contributed by atoms with Crippen LogP contribution in [0.5, 0.6) is 0 Å². The molecule has 0 N–H and O–H groups in total. The Labute approximate surface area is 100 Å². The van der Waals surface area contributed by atoms with Crippen LogP contribution in [-0.2, 0) is 6.42 Å². The number of pyridine rings is 1. The highest BCUT2D eigenvalue weighted by Gasteiger charge is 2.17. The number of Topliss-reactive ketones (excluding diaryl/α,β-unsaturated/α-hetero) is 1. The van der Waals surface area contributed by atoms with Crippen LogP contribution in [0, 0.1) is 0 Å². The Balaban J connectivity index is 2.09. The van der Waals surface area contributed by atoms with Gasteiger partial charge in [0.05, 0.1) is 0 Å². The molecule has 2 heteroatoms. The topological polar surface area (TPSA) is 30.0 Å². The van der Waals surface area contributed by atoms with Crippen molar-refractivity contribution in [3.63, 3.8) is 0 Å². The Kier molecular flexibility index (Phi) is 2.48. The van der Waals surface area contributed by atoms with Crippen molar-refractivity contribution in [2.75, 3.05) is 0 Å². The third-order valence-electron chi connectivity index (χ3n) is 3.27. The molecule has 0 unspecified atom stereocenters. The third-order valence-corrected chi connectivity index (χ3v) is 3.27. The molecule has 2 aromatic rings. The summed E-state index contributed by atoms with van der Waals surface area (Å²) in [4.78, 5) is 15.9. The third kappa shape index (κ3) is 1.86. The Bertz CT molecular complexity index is 560. The second-order valence-corrected chi connectivity index (χ2v) is 4.38. The first-order chi connectivity index (χ1) is 8.34. The Morgan fingerprint density at radius 2 is 1.76 bits per heavy atom. The van der Waals surface area contributed by atoms with Gasteiger partial charge in [-0.1, -0.05) is 12.1 Å². The van der Waals surface area contributed by atoms with Gasteiger partial charge in [0, 0.05) is 24.4 Å². The summed E-state index contributed by atoms with van der Waals surface area (Å²) in [6.07, 6.45) is 6.25. The molecule has 0 fully saturated rings. The lowest BCUT2D eigenvalue weighted by atomic mass is 9.88. The first kappa shape index (κ1) is 10.2. The number of benzene rings is 1. The van der Waals surface area contributed by atoms with E-state index in [2.05, 4.69) is 17.1 Å². The summed E-state index contributed by atoms with van der Waals surface area (Å²) in [7, 11) is 0. The highest BCUT2D eigenvalue weighted by molar-refractivity contribution is 5.99. The van der Waals surface area contributed by atoms with E-state index < -0.39 is 0 Å². The zero-order valence-electron chi connectivity index (χ0n) is 9.52. The van der Waals surface area contributed by atoms with E-state index in [0.29, 0.717) is 6.42 Å². The van der Waals surface area contributed by atoms with Crippen molar-refractivity contribution in [3.8, 4) is 11.1 Å². The Morgan fingerprint density at radius 3 is 2.59 bits per heavy atom. The van der Waals surface area contributed by atoms with Crippen molar-refractivity contribution in [2.45, 2.75) is 19.3 Å². The molecule has 0 aliphatic heterocycles. The summed E-state index contributed by atoms with van der Waals surface area (Å²) < 4.78 is 0. The molecule has 0 saturated heterocycles. The molecule has 84 valence electrons. The molecular formula is C15H13NO. The van der Waals surface area contributed by atoms with Gasteiger partial charge >= 0.3 is 0 Å². The molecule has 0 amide bonds. The number of carbonyl (C=O) groups excluding carboxylic acids is 1. The number of aryl methyl sites for hydroxylation is 1. The van der Waals surface area contributed by atoms with Gasteiger partial charge in [-0.15, -0.1) is 0 Å². The van der Waals surface area contributed by atoms with Crippen LogP contribution in [-0.4, -0.2) is 10.8 Å². The zero-order valence-corrected chi connectivity index (χ0v) is 9.52. The minimum atomic E-state index is 0.280. The predicted octanol–water partition coefficient (Wildman–Crippen LogP) is 3.27. The van der Waals surface area contributed by atoms with Crippen LogP contribution in [0.2, 0.25) is 0 Å². The first-order valence-electron chi connectivity index (χ1n) is 5.91. The molecule has 1 heterocycles. The highest BCUT2D eigenvalue weighted by Crippen LogP contribution is 2.27. The van der Waals surface area contributed by atoms with Crippen LogP contribution in [0.3, 0.4) is 0 Å². The highest BCUT2D eigenvalue weighted by atomic mass is 16.1. The van der Waals surface area contributed by atoms with Crippen LogP contribution < -0.4 is 0 Å². The number of fused-ring (bicyclic) bond motifs is 1. The zero-order chi connectivity index (χ0) is 11.7. The van der Waals surface area contributed by atoms with E-state index in [1.807, 2.05) is 18.2 Å². The van der Waals surface area contributed by atoms with E-state index in [0.717, 1.165) is 29.5 Å². The molecule has 1 aromatic carbocycles. The normalized spacial score (nSPS) is 14.5. The van der Waals surface area contributed by atoms with Crippen molar-refractivity contribution < 1.29 is 4.79 Å². The Hall–Kier alpha value is -1.96. The van der Waals surface area contributed by atoms with E-state index in [1.54, 1.807) is 12.4 Å². The molecule has 1 aromatic heterocycles. The monoisotopic (exact) mass is 223 g/mol. The summed E-state index contributed by atoms with van der Waals surface area (Å²) >= 11 is 0. The number of ketones is 1. The van der Waals surface area contributed by atoms with E-state index in [4.69, 9.17) is 0 Å². The molecule has 0 saturated carbocycles. The minimum absolute atomic E-state index is 0.280. The average molecular weight is 223 g/mol. The molecule has 0 bridgehead atoms. The average Bonchev–Trinajstić information content (AvgIpc) is 2.40. The summed E-state index contributed by atoms with van der Waals surface area (Å²) in [5, 5.41) is 0. The molecule has 3 rings (SSSR count). The van der Waals surface area contributed by atoms with Crippen molar-refractivity contribution in [3.05, 3.63) is 53.9 Å². The largest absolute Gasteiger partial charge is 0.294 e. The molecule has 2 nitrogen and oxygen atoms in total. The van der Waals surface area contributed by atoms with Gasteiger partial charge in [0.2, 0.25) is 0 Å². The van der Waals surface area contributed by atoms with Crippen LogP contribution >= 0.6 is 0 Å². The number of aromatic nitrogens is 1. The summed E-state index contributed by atoms with van der Waals surface area (Å²) in [6, 6.07) is 10.1. The van der Waals surface area contributed by atoms with Gasteiger partial charge < -0.3 is 0 Å². The number of hydrogen-bond donors (Lipinski definition) is 0. The molecular weight excluding hydrogens is 210 g/mol. The van der Waals surface area contributed by atoms with Crippen LogP contribution in [0.25, 0.3) is 11.1 Å². The fourth-order valence-electron chi connectivity index (χ4n) is 2.35. The van der Waals surface area contributed by atoms with Crippen molar-refractivity contribution >= 4 is 5.78 Å². The quantitative estimate of drug-likeness (QED) is 0.742. The number of rotatable bonds is 1. The van der Waals surface area contributed by atoms with E-state index in [9.17, 15) is 4.79 Å². The van der Waals surface area contributed by atoms with Gasteiger partial charge in [-0.25, -0.2) is 0 Å². The molecule has 1 aliphatic rings. The standard InChI is InChI=1S/C15H13NO/c17-15-3-1-2-12-4-5-13(10-14(12)15)11-6-8-16-9-7-11/h4-10H,1-3H2. The van der Waals surface area contributed by atoms with Gasteiger partial charge in [-0.2, -0.15) is 0 Å². The SMILES string of the molecule is O=C1CCCc2ccc(-c3ccncc3)cc21. The van der Waals surface area contributed by atoms with E-state index in [1.165, 1.54) is 5.56 Å². The van der Waals surface area contributed by atoms with E-state index in [-0.39, 0.29) is 5.78 Å². The lowest BCUT2D eigenvalue weighted by Gasteiger charge is -2.15. The van der Waals surface area contributed by atoms with E-state index >= 15 is 0 Å². The second kappa shape index (κ2) is 4.13. The van der Waals surface area contributed by atoms with Gasteiger partial charge in [-0.05, 0) is 47.7 Å². The van der Waals surface area contributed by atoms with Gasteiger partial charge in [-0.3, -0.25) is 9.78 Å². The van der Waals surface area contributed by atoms with Crippen molar-refractivity contribution in [2.24, 2.45) is 0 Å². The molecule has 0 spiro atoms. The molecule has 17 heavy (non-hydrogen) atoms. The maximum Gasteiger partial charge on any atom is 0.163 e. The van der Waals surface area contributed by atoms with Crippen molar-refractivity contribution in [1.29, 1.82) is 0 Å².